The highest BCUT2D eigenvalue weighted by Gasteiger charge is 2.35. The van der Waals surface area contributed by atoms with Gasteiger partial charge in [0.15, 0.2) is 0 Å². The van der Waals surface area contributed by atoms with E-state index in [0.29, 0.717) is 19.0 Å². The Labute approximate surface area is 102 Å². The normalized spacial score (nSPS) is 27.8. The van der Waals surface area contributed by atoms with Crippen LogP contribution < -0.4 is 16.0 Å². The third kappa shape index (κ3) is 3.43. The van der Waals surface area contributed by atoms with Crippen LogP contribution in [0.4, 0.5) is 0 Å². The third-order valence-corrected chi connectivity index (χ3v) is 3.50. The lowest BCUT2D eigenvalue weighted by Crippen LogP contribution is -2.41. The van der Waals surface area contributed by atoms with Crippen LogP contribution in [0.3, 0.4) is 0 Å². The quantitative estimate of drug-likeness (QED) is 0.621. The third-order valence-electron chi connectivity index (χ3n) is 3.50. The molecule has 0 aromatic rings. The Morgan fingerprint density at radius 3 is 2.76 bits per heavy atom. The van der Waals surface area contributed by atoms with Crippen LogP contribution in [0.1, 0.15) is 32.6 Å². The minimum atomic E-state index is -0.299. The molecule has 0 aromatic carbocycles. The number of rotatable bonds is 5. The van der Waals surface area contributed by atoms with Crippen LogP contribution in [0.5, 0.6) is 0 Å². The molecule has 1 unspecified atom stereocenters. The molecule has 5 heteroatoms. The maximum Gasteiger partial charge on any atom is 0.227 e. The fourth-order valence-electron chi connectivity index (χ4n) is 2.04. The molecule has 5 nitrogen and oxygen atoms in total. The maximum absolute atomic E-state index is 11.9. The first-order valence-corrected chi connectivity index (χ1v) is 6.38. The first kappa shape index (κ1) is 12.4. The number of nitrogens with one attached hydrogen (secondary N) is 3. The Bertz CT molecular complexity index is 307. The van der Waals surface area contributed by atoms with Crippen molar-refractivity contribution in [3.8, 4) is 0 Å². The molecular weight excluding hydrogens is 218 g/mol. The standard InChI is InChI=1S/C12H21N3O2/c1-12(5-7-13-8-12)11(17)14-6-4-10(16)15-9-2-3-9/h9,13H,2-8H2,1H3,(H,14,17)(H,15,16). The van der Waals surface area contributed by atoms with Crippen molar-refractivity contribution < 1.29 is 9.59 Å². The molecule has 0 radical (unpaired) electrons. The number of hydrogen-bond acceptors (Lipinski definition) is 3. The topological polar surface area (TPSA) is 70.2 Å². The number of carbonyl (C=O) groups excluding carboxylic acids is 2. The maximum atomic E-state index is 11.9. The minimum Gasteiger partial charge on any atom is -0.355 e. The lowest BCUT2D eigenvalue weighted by molar-refractivity contribution is -0.129. The monoisotopic (exact) mass is 239 g/mol. The van der Waals surface area contributed by atoms with Gasteiger partial charge in [-0.2, -0.15) is 0 Å². The zero-order valence-electron chi connectivity index (χ0n) is 10.3. The predicted octanol–water partition coefficient (Wildman–Crippen LogP) is -0.229. The van der Waals surface area contributed by atoms with Crippen molar-refractivity contribution >= 4 is 11.8 Å². The van der Waals surface area contributed by atoms with Crippen molar-refractivity contribution in [2.75, 3.05) is 19.6 Å². The second-order valence-corrected chi connectivity index (χ2v) is 5.34. The average molecular weight is 239 g/mol. The van der Waals surface area contributed by atoms with Gasteiger partial charge in [-0.1, -0.05) is 0 Å². The zero-order valence-corrected chi connectivity index (χ0v) is 10.3. The van der Waals surface area contributed by atoms with E-state index >= 15 is 0 Å². The van der Waals surface area contributed by atoms with Gasteiger partial charge in [-0.05, 0) is 32.7 Å². The highest BCUT2D eigenvalue weighted by Crippen LogP contribution is 2.24. The summed E-state index contributed by atoms with van der Waals surface area (Å²) in [7, 11) is 0. The molecule has 2 aliphatic rings. The second kappa shape index (κ2) is 5.04. The van der Waals surface area contributed by atoms with Gasteiger partial charge in [0.2, 0.25) is 11.8 Å². The van der Waals surface area contributed by atoms with Gasteiger partial charge in [0.05, 0.1) is 5.41 Å². The molecule has 0 bridgehead atoms. The molecule has 2 fully saturated rings. The van der Waals surface area contributed by atoms with Crippen molar-refractivity contribution in [3.05, 3.63) is 0 Å². The van der Waals surface area contributed by atoms with Crippen molar-refractivity contribution in [1.82, 2.24) is 16.0 Å². The fraction of sp³-hybridized carbons (Fsp3) is 0.833. The molecule has 1 heterocycles. The van der Waals surface area contributed by atoms with Crippen LogP contribution in [0.15, 0.2) is 0 Å². The molecule has 1 aliphatic heterocycles. The van der Waals surface area contributed by atoms with Gasteiger partial charge >= 0.3 is 0 Å². The van der Waals surface area contributed by atoms with Gasteiger partial charge in [-0.15, -0.1) is 0 Å². The lowest BCUT2D eigenvalue weighted by atomic mass is 9.89. The summed E-state index contributed by atoms with van der Waals surface area (Å²) in [6.07, 6.45) is 3.45. The van der Waals surface area contributed by atoms with Gasteiger partial charge in [0.1, 0.15) is 0 Å². The summed E-state index contributed by atoms with van der Waals surface area (Å²) in [5.41, 5.74) is -0.299. The van der Waals surface area contributed by atoms with Crippen molar-refractivity contribution in [1.29, 1.82) is 0 Å². The summed E-state index contributed by atoms with van der Waals surface area (Å²) in [6, 6.07) is 0.398. The largest absolute Gasteiger partial charge is 0.355 e. The van der Waals surface area contributed by atoms with Crippen LogP contribution >= 0.6 is 0 Å². The van der Waals surface area contributed by atoms with E-state index in [1.807, 2.05) is 6.92 Å². The van der Waals surface area contributed by atoms with Crippen LogP contribution in [0, 0.1) is 5.41 Å². The molecular formula is C12H21N3O2. The molecule has 1 saturated heterocycles. The molecule has 17 heavy (non-hydrogen) atoms. The van der Waals surface area contributed by atoms with E-state index in [1.165, 1.54) is 0 Å². The first-order valence-electron chi connectivity index (χ1n) is 6.38. The summed E-state index contributed by atoms with van der Waals surface area (Å²) in [6.45, 7) is 4.03. The Balaban J connectivity index is 1.63. The van der Waals surface area contributed by atoms with E-state index in [2.05, 4.69) is 16.0 Å². The van der Waals surface area contributed by atoms with Crippen molar-refractivity contribution in [2.24, 2.45) is 5.41 Å². The van der Waals surface area contributed by atoms with Crippen LogP contribution in [0.2, 0.25) is 0 Å². The second-order valence-electron chi connectivity index (χ2n) is 5.34. The molecule has 0 aromatic heterocycles. The SMILES string of the molecule is CC1(C(=O)NCCC(=O)NC2CC2)CCNC1. The molecule has 1 atom stereocenters. The van der Waals surface area contributed by atoms with E-state index in [1.54, 1.807) is 0 Å². The molecule has 2 amide bonds. The number of amides is 2. The Hall–Kier alpha value is -1.10. The van der Waals surface area contributed by atoms with Gasteiger partial charge < -0.3 is 16.0 Å². The lowest BCUT2D eigenvalue weighted by Gasteiger charge is -2.21. The summed E-state index contributed by atoms with van der Waals surface area (Å²) in [5.74, 6) is 0.101. The average Bonchev–Trinajstić information content (AvgIpc) is 2.98. The highest BCUT2D eigenvalue weighted by atomic mass is 16.2. The highest BCUT2D eigenvalue weighted by molar-refractivity contribution is 5.83. The van der Waals surface area contributed by atoms with Crippen LogP contribution in [0.25, 0.3) is 0 Å². The Morgan fingerprint density at radius 2 is 2.18 bits per heavy atom. The van der Waals surface area contributed by atoms with Crippen molar-refractivity contribution in [2.45, 2.75) is 38.6 Å². The van der Waals surface area contributed by atoms with E-state index in [-0.39, 0.29) is 17.2 Å². The Morgan fingerprint density at radius 1 is 1.41 bits per heavy atom. The zero-order chi connectivity index (χ0) is 12.3. The van der Waals surface area contributed by atoms with Gasteiger partial charge in [-0.3, -0.25) is 9.59 Å². The number of hydrogen-bond donors (Lipinski definition) is 3. The van der Waals surface area contributed by atoms with E-state index in [4.69, 9.17) is 0 Å². The summed E-state index contributed by atoms with van der Waals surface area (Å²) in [4.78, 5) is 23.3. The van der Waals surface area contributed by atoms with Crippen molar-refractivity contribution in [3.63, 3.8) is 0 Å². The summed E-state index contributed by atoms with van der Waals surface area (Å²) >= 11 is 0. The van der Waals surface area contributed by atoms with E-state index < -0.39 is 0 Å². The smallest absolute Gasteiger partial charge is 0.227 e. The minimum absolute atomic E-state index is 0.0440. The number of carbonyl (C=O) groups is 2. The molecule has 0 spiro atoms. The van der Waals surface area contributed by atoms with Gasteiger partial charge in [0.25, 0.3) is 0 Å². The molecule has 2 rings (SSSR count). The Kier molecular flexibility index (Phi) is 3.66. The molecule has 1 aliphatic carbocycles. The van der Waals surface area contributed by atoms with Crippen LogP contribution in [-0.4, -0.2) is 37.5 Å². The van der Waals surface area contributed by atoms with E-state index in [0.717, 1.165) is 32.4 Å². The van der Waals surface area contributed by atoms with E-state index in [9.17, 15) is 9.59 Å². The van der Waals surface area contributed by atoms with Crippen LogP contribution in [-0.2, 0) is 9.59 Å². The summed E-state index contributed by atoms with van der Waals surface area (Å²) < 4.78 is 0. The predicted molar refractivity (Wildman–Crippen MR) is 64.4 cm³/mol. The fourth-order valence-corrected chi connectivity index (χ4v) is 2.04. The molecule has 1 saturated carbocycles. The molecule has 96 valence electrons. The summed E-state index contributed by atoms with van der Waals surface area (Å²) in [5, 5.41) is 8.94. The van der Waals surface area contributed by atoms with Gasteiger partial charge in [0, 0.05) is 25.6 Å². The van der Waals surface area contributed by atoms with Gasteiger partial charge in [-0.25, -0.2) is 0 Å². The molecule has 3 N–H and O–H groups in total. The first-order chi connectivity index (χ1) is 8.10.